The van der Waals surface area contributed by atoms with Gasteiger partial charge in [0, 0.05) is 11.3 Å². The quantitative estimate of drug-likeness (QED) is 0.157. The molecule has 2 nitrogen and oxygen atoms in total. The highest BCUT2D eigenvalue weighted by atomic mass is 15.1. The van der Waals surface area contributed by atoms with E-state index in [0.29, 0.717) is 5.92 Å². The topological polar surface area (TPSA) is 17.8 Å². The molecule has 1 unspecified atom stereocenters. The molecule has 0 fully saturated rings. The molecule has 56 heavy (non-hydrogen) atoms. The van der Waals surface area contributed by atoms with Crippen molar-refractivity contribution < 1.29 is 0 Å². The van der Waals surface area contributed by atoms with Crippen molar-refractivity contribution in [3.8, 4) is 39.3 Å². The second kappa shape index (κ2) is 14.0. The summed E-state index contributed by atoms with van der Waals surface area (Å²) in [4.78, 5) is 5.12. The number of rotatable bonds is 6. The molecule has 10 rings (SSSR count). The molecule has 1 aliphatic rings. The Hall–Kier alpha value is -7.03. The number of benzene rings is 8. The van der Waals surface area contributed by atoms with Crippen LogP contribution in [0.4, 0.5) is 0 Å². The molecule has 0 spiro atoms. The predicted molar refractivity (Wildman–Crippen MR) is 239 cm³/mol. The van der Waals surface area contributed by atoms with Crippen molar-refractivity contribution in [2.45, 2.75) is 13.8 Å². The second-order valence-corrected chi connectivity index (χ2v) is 14.7. The molecule has 8 aromatic carbocycles. The van der Waals surface area contributed by atoms with E-state index < -0.39 is 0 Å². The van der Waals surface area contributed by atoms with Gasteiger partial charge in [-0.2, -0.15) is 0 Å². The summed E-state index contributed by atoms with van der Waals surface area (Å²) in [5, 5.41) is 7.49. The third kappa shape index (κ3) is 5.79. The Bertz CT molecular complexity index is 3080. The molecule has 0 aliphatic heterocycles. The number of hydrogen-bond donors (Lipinski definition) is 0. The SMILES string of the molecule is C/C=C(\C=C1\C=CC=CC1C)c1c2ccccc2c(-c2ccc3ccccc3c2)c2cc(-c3ccc(-c4nc5ccccc5n4-c4ccccc4)cc3)ccc12. The zero-order chi connectivity index (χ0) is 37.6. The van der Waals surface area contributed by atoms with Crippen molar-refractivity contribution in [3.63, 3.8) is 0 Å². The molecule has 0 amide bonds. The van der Waals surface area contributed by atoms with E-state index in [9.17, 15) is 0 Å². The molecular formula is C54H40N2. The molecule has 0 bridgehead atoms. The van der Waals surface area contributed by atoms with Crippen LogP contribution in [0.5, 0.6) is 0 Å². The molecule has 0 N–H and O–H groups in total. The first kappa shape index (κ1) is 33.5. The Morgan fingerprint density at radius 3 is 2.07 bits per heavy atom. The molecule has 1 atom stereocenters. The molecule has 1 heterocycles. The highest BCUT2D eigenvalue weighted by Crippen LogP contribution is 2.45. The summed E-state index contributed by atoms with van der Waals surface area (Å²) in [5.74, 6) is 1.28. The summed E-state index contributed by atoms with van der Waals surface area (Å²) in [6, 6.07) is 59.4. The molecule has 0 radical (unpaired) electrons. The number of allylic oxidation sites excluding steroid dienone is 8. The lowest BCUT2D eigenvalue weighted by Gasteiger charge is -2.20. The standard InChI is InChI=1S/C54H40N2/c1-3-37(33-41-17-8-7-15-36(41)2)52-46-21-11-12-22-47(46)53(44-30-27-38-16-9-10-18-42(38)34-44)49-35-43(31-32-48(49)52)39-25-28-40(29-26-39)54-55-50-23-13-14-24-51(50)56(54)45-19-5-4-6-20-45/h3-36H,1-2H3/b37-3+,41-33-. The first-order valence-corrected chi connectivity index (χ1v) is 19.5. The molecule has 0 saturated carbocycles. The van der Waals surface area contributed by atoms with Gasteiger partial charge < -0.3 is 0 Å². The number of imidazole rings is 1. The fourth-order valence-electron chi connectivity index (χ4n) is 8.51. The van der Waals surface area contributed by atoms with Crippen LogP contribution in [0, 0.1) is 5.92 Å². The number of hydrogen-bond acceptors (Lipinski definition) is 1. The maximum absolute atomic E-state index is 5.12. The number of aromatic nitrogens is 2. The van der Waals surface area contributed by atoms with Crippen molar-refractivity contribution >= 4 is 48.9 Å². The van der Waals surface area contributed by atoms with Gasteiger partial charge in [0.25, 0.3) is 0 Å². The second-order valence-electron chi connectivity index (χ2n) is 14.7. The molecule has 266 valence electrons. The van der Waals surface area contributed by atoms with Gasteiger partial charge in [0.05, 0.1) is 11.0 Å². The zero-order valence-corrected chi connectivity index (χ0v) is 31.5. The average Bonchev–Trinajstić information content (AvgIpc) is 3.65. The van der Waals surface area contributed by atoms with Crippen molar-refractivity contribution in [1.29, 1.82) is 0 Å². The lowest BCUT2D eigenvalue weighted by atomic mass is 9.83. The number of fused-ring (bicyclic) bond motifs is 4. The Morgan fingerprint density at radius 1 is 0.571 bits per heavy atom. The van der Waals surface area contributed by atoms with E-state index in [1.165, 1.54) is 71.3 Å². The van der Waals surface area contributed by atoms with Crippen LogP contribution in [0.2, 0.25) is 0 Å². The Balaban J connectivity index is 1.18. The molecule has 1 aromatic heterocycles. The van der Waals surface area contributed by atoms with Crippen LogP contribution in [0.25, 0.3) is 88.3 Å². The van der Waals surface area contributed by atoms with Gasteiger partial charge in [-0.1, -0.05) is 171 Å². The third-order valence-electron chi connectivity index (χ3n) is 11.4. The van der Waals surface area contributed by atoms with Crippen molar-refractivity contribution in [2.75, 3.05) is 0 Å². The van der Waals surface area contributed by atoms with E-state index in [1.807, 2.05) is 0 Å². The van der Waals surface area contributed by atoms with E-state index in [2.05, 4.69) is 219 Å². The van der Waals surface area contributed by atoms with Crippen LogP contribution < -0.4 is 0 Å². The zero-order valence-electron chi connectivity index (χ0n) is 31.5. The van der Waals surface area contributed by atoms with Gasteiger partial charge >= 0.3 is 0 Å². The van der Waals surface area contributed by atoms with Crippen LogP contribution >= 0.6 is 0 Å². The number of para-hydroxylation sites is 3. The Kier molecular flexibility index (Phi) is 8.38. The highest BCUT2D eigenvalue weighted by molar-refractivity contribution is 6.20. The van der Waals surface area contributed by atoms with Gasteiger partial charge in [-0.05, 0) is 121 Å². The molecule has 2 heteroatoms. The van der Waals surface area contributed by atoms with E-state index in [1.54, 1.807) is 0 Å². The van der Waals surface area contributed by atoms with Crippen molar-refractivity contribution in [3.05, 3.63) is 211 Å². The first-order chi connectivity index (χ1) is 27.6. The van der Waals surface area contributed by atoms with Gasteiger partial charge in [-0.25, -0.2) is 4.98 Å². The van der Waals surface area contributed by atoms with Crippen LogP contribution in [0.3, 0.4) is 0 Å². The van der Waals surface area contributed by atoms with Gasteiger partial charge in [-0.15, -0.1) is 0 Å². The summed E-state index contributed by atoms with van der Waals surface area (Å²) < 4.78 is 2.26. The van der Waals surface area contributed by atoms with Gasteiger partial charge in [-0.3, -0.25) is 4.57 Å². The predicted octanol–water partition coefficient (Wildman–Crippen LogP) is 14.6. The van der Waals surface area contributed by atoms with Crippen LogP contribution in [-0.2, 0) is 0 Å². The highest BCUT2D eigenvalue weighted by Gasteiger charge is 2.20. The lowest BCUT2D eigenvalue weighted by molar-refractivity contribution is 0.884. The monoisotopic (exact) mass is 716 g/mol. The normalized spacial score (nSPS) is 15.1. The number of nitrogens with zero attached hydrogens (tertiary/aromatic N) is 2. The summed E-state index contributed by atoms with van der Waals surface area (Å²) in [7, 11) is 0. The van der Waals surface area contributed by atoms with Crippen LogP contribution in [0.1, 0.15) is 19.4 Å². The van der Waals surface area contributed by atoms with Crippen molar-refractivity contribution in [1.82, 2.24) is 9.55 Å². The molecular weight excluding hydrogens is 677 g/mol. The van der Waals surface area contributed by atoms with Gasteiger partial charge in [0.15, 0.2) is 0 Å². The van der Waals surface area contributed by atoms with E-state index in [4.69, 9.17) is 4.98 Å². The maximum atomic E-state index is 5.12. The summed E-state index contributed by atoms with van der Waals surface area (Å²) in [6.45, 7) is 4.44. The van der Waals surface area contributed by atoms with E-state index in [0.717, 1.165) is 28.1 Å². The fraction of sp³-hybridized carbons (Fsp3) is 0.0556. The summed E-state index contributed by atoms with van der Waals surface area (Å²) in [5.41, 5.74) is 12.9. The minimum atomic E-state index is 0.350. The Labute approximate surface area is 327 Å². The summed E-state index contributed by atoms with van der Waals surface area (Å²) in [6.07, 6.45) is 13.5. The van der Waals surface area contributed by atoms with Crippen LogP contribution in [0.15, 0.2) is 206 Å². The summed E-state index contributed by atoms with van der Waals surface area (Å²) >= 11 is 0. The Morgan fingerprint density at radius 2 is 1.25 bits per heavy atom. The van der Waals surface area contributed by atoms with E-state index in [-0.39, 0.29) is 0 Å². The van der Waals surface area contributed by atoms with E-state index >= 15 is 0 Å². The maximum Gasteiger partial charge on any atom is 0.145 e. The van der Waals surface area contributed by atoms with Crippen LogP contribution in [-0.4, -0.2) is 9.55 Å². The lowest BCUT2D eigenvalue weighted by Crippen LogP contribution is -1.98. The molecule has 9 aromatic rings. The average molecular weight is 717 g/mol. The molecule has 0 saturated heterocycles. The minimum absolute atomic E-state index is 0.350. The van der Waals surface area contributed by atoms with Gasteiger partial charge in [0.2, 0.25) is 0 Å². The fourth-order valence-corrected chi connectivity index (χ4v) is 8.51. The van der Waals surface area contributed by atoms with Gasteiger partial charge in [0.1, 0.15) is 5.82 Å². The third-order valence-corrected chi connectivity index (χ3v) is 11.4. The largest absolute Gasteiger partial charge is 0.292 e. The molecule has 1 aliphatic carbocycles. The van der Waals surface area contributed by atoms with Crippen molar-refractivity contribution in [2.24, 2.45) is 5.92 Å². The minimum Gasteiger partial charge on any atom is -0.292 e. The first-order valence-electron chi connectivity index (χ1n) is 19.5. The smallest absolute Gasteiger partial charge is 0.145 e.